The topological polar surface area (TPSA) is 44.3 Å². The molecule has 0 aliphatic carbocycles. The molecular formula is C11H19N5. The van der Waals surface area contributed by atoms with E-state index >= 15 is 0 Å². The van der Waals surface area contributed by atoms with Crippen LogP contribution in [0.5, 0.6) is 0 Å². The second kappa shape index (κ2) is 4.65. The molecule has 1 aliphatic heterocycles. The molecule has 1 unspecified atom stereocenters. The van der Waals surface area contributed by atoms with Crippen LogP contribution in [0.3, 0.4) is 0 Å². The number of hydrogen-bond acceptors (Lipinski definition) is 5. The minimum Gasteiger partial charge on any atom is -0.373 e. The Hall–Kier alpha value is -1.36. The average Bonchev–Trinajstić information content (AvgIpc) is 2.78. The van der Waals surface area contributed by atoms with E-state index < -0.39 is 0 Å². The first-order chi connectivity index (χ1) is 7.70. The van der Waals surface area contributed by atoms with Gasteiger partial charge >= 0.3 is 0 Å². The summed E-state index contributed by atoms with van der Waals surface area (Å²) in [6.07, 6.45) is 2.82. The summed E-state index contributed by atoms with van der Waals surface area (Å²) in [5.41, 5.74) is 0. The van der Waals surface area contributed by atoms with Gasteiger partial charge < -0.3 is 15.1 Å². The second-order valence-corrected chi connectivity index (χ2v) is 4.36. The zero-order chi connectivity index (χ0) is 11.5. The first kappa shape index (κ1) is 11.1. The Morgan fingerprint density at radius 1 is 1.44 bits per heavy atom. The van der Waals surface area contributed by atoms with Crippen LogP contribution in [0.4, 0.5) is 11.6 Å². The molecular weight excluding hydrogens is 202 g/mol. The molecule has 0 saturated carbocycles. The van der Waals surface area contributed by atoms with Crippen molar-refractivity contribution in [3.8, 4) is 0 Å². The molecule has 0 spiro atoms. The summed E-state index contributed by atoms with van der Waals surface area (Å²) in [5.74, 6) is 1.89. The number of nitrogens with one attached hydrogen (secondary N) is 1. The predicted octanol–water partition coefficient (Wildman–Crippen LogP) is 0.659. The Balaban J connectivity index is 2.08. The van der Waals surface area contributed by atoms with E-state index in [0.29, 0.717) is 6.04 Å². The van der Waals surface area contributed by atoms with Crippen molar-refractivity contribution in [1.29, 1.82) is 0 Å². The van der Waals surface area contributed by atoms with Crippen LogP contribution in [-0.4, -0.2) is 55.1 Å². The van der Waals surface area contributed by atoms with Crippen LogP contribution in [0.25, 0.3) is 0 Å². The fraction of sp³-hybridized carbons (Fsp3) is 0.636. The van der Waals surface area contributed by atoms with Crippen LogP contribution >= 0.6 is 0 Å². The molecule has 1 aromatic rings. The molecule has 0 amide bonds. The van der Waals surface area contributed by atoms with Gasteiger partial charge in [-0.2, -0.15) is 0 Å². The third kappa shape index (κ3) is 2.24. The highest BCUT2D eigenvalue weighted by Gasteiger charge is 2.24. The van der Waals surface area contributed by atoms with E-state index in [1.807, 2.05) is 13.1 Å². The maximum absolute atomic E-state index is 4.32. The van der Waals surface area contributed by atoms with Crippen molar-refractivity contribution in [3.63, 3.8) is 0 Å². The predicted molar refractivity (Wildman–Crippen MR) is 65.9 cm³/mol. The third-order valence-electron chi connectivity index (χ3n) is 3.13. The number of rotatable bonds is 3. The fourth-order valence-corrected chi connectivity index (χ4v) is 2.03. The third-order valence-corrected chi connectivity index (χ3v) is 3.13. The maximum Gasteiger partial charge on any atom is 0.134 e. The number of nitrogens with zero attached hydrogens (tertiary/aromatic N) is 4. The molecule has 88 valence electrons. The Morgan fingerprint density at radius 2 is 2.25 bits per heavy atom. The van der Waals surface area contributed by atoms with Gasteiger partial charge in [-0.15, -0.1) is 0 Å². The maximum atomic E-state index is 4.32. The summed E-state index contributed by atoms with van der Waals surface area (Å²) in [5, 5.41) is 3.04. The van der Waals surface area contributed by atoms with Gasteiger partial charge in [0.05, 0.1) is 0 Å². The van der Waals surface area contributed by atoms with Crippen LogP contribution in [0, 0.1) is 0 Å². The summed E-state index contributed by atoms with van der Waals surface area (Å²) in [7, 11) is 6.14. The lowest BCUT2D eigenvalue weighted by Crippen LogP contribution is -2.31. The molecule has 0 radical (unpaired) electrons. The van der Waals surface area contributed by atoms with Crippen LogP contribution in [0.15, 0.2) is 12.4 Å². The second-order valence-electron chi connectivity index (χ2n) is 4.36. The highest BCUT2D eigenvalue weighted by molar-refractivity contribution is 5.48. The summed E-state index contributed by atoms with van der Waals surface area (Å²) in [6, 6.07) is 2.63. The van der Waals surface area contributed by atoms with Gasteiger partial charge in [0.15, 0.2) is 0 Å². The normalized spacial score (nSPS) is 20.5. The van der Waals surface area contributed by atoms with E-state index in [9.17, 15) is 0 Å². The Bertz CT molecular complexity index is 352. The van der Waals surface area contributed by atoms with Crippen molar-refractivity contribution in [2.45, 2.75) is 12.5 Å². The molecule has 1 N–H and O–H groups in total. The monoisotopic (exact) mass is 221 g/mol. The minimum absolute atomic E-state index is 0.632. The van der Waals surface area contributed by atoms with Crippen molar-refractivity contribution in [3.05, 3.63) is 12.4 Å². The summed E-state index contributed by atoms with van der Waals surface area (Å²) in [6.45, 7) is 2.12. The average molecular weight is 221 g/mol. The highest BCUT2D eigenvalue weighted by Crippen LogP contribution is 2.21. The largest absolute Gasteiger partial charge is 0.373 e. The van der Waals surface area contributed by atoms with Gasteiger partial charge in [0.2, 0.25) is 0 Å². The molecule has 5 heteroatoms. The van der Waals surface area contributed by atoms with Crippen molar-refractivity contribution < 1.29 is 0 Å². The molecule has 1 aliphatic rings. The van der Waals surface area contributed by atoms with Crippen molar-refractivity contribution in [2.75, 3.05) is 44.4 Å². The fourth-order valence-electron chi connectivity index (χ4n) is 2.03. The molecule has 1 aromatic heterocycles. The van der Waals surface area contributed by atoms with Gasteiger partial charge in [-0.1, -0.05) is 0 Å². The van der Waals surface area contributed by atoms with E-state index in [0.717, 1.165) is 24.7 Å². The SMILES string of the molecule is CNc1cc(N2CCC(N(C)C)C2)ncn1. The minimum atomic E-state index is 0.632. The van der Waals surface area contributed by atoms with E-state index in [1.165, 1.54) is 6.42 Å². The molecule has 2 rings (SSSR count). The highest BCUT2D eigenvalue weighted by atomic mass is 15.3. The molecule has 1 atom stereocenters. The molecule has 0 aromatic carbocycles. The molecule has 1 fully saturated rings. The molecule has 16 heavy (non-hydrogen) atoms. The lowest BCUT2D eigenvalue weighted by molar-refractivity contribution is 0.315. The molecule has 5 nitrogen and oxygen atoms in total. The Morgan fingerprint density at radius 3 is 2.88 bits per heavy atom. The molecule has 2 heterocycles. The first-order valence-corrected chi connectivity index (χ1v) is 5.62. The lowest BCUT2D eigenvalue weighted by atomic mass is 10.2. The van der Waals surface area contributed by atoms with Crippen molar-refractivity contribution in [1.82, 2.24) is 14.9 Å². The van der Waals surface area contributed by atoms with Crippen LogP contribution < -0.4 is 10.2 Å². The van der Waals surface area contributed by atoms with Crippen LogP contribution in [0.1, 0.15) is 6.42 Å². The van der Waals surface area contributed by atoms with Gasteiger partial charge in [0, 0.05) is 32.2 Å². The summed E-state index contributed by atoms with van der Waals surface area (Å²) >= 11 is 0. The Kier molecular flexibility index (Phi) is 3.24. The quantitative estimate of drug-likeness (QED) is 0.812. The van der Waals surface area contributed by atoms with Crippen LogP contribution in [-0.2, 0) is 0 Å². The molecule has 0 bridgehead atoms. The lowest BCUT2D eigenvalue weighted by Gasteiger charge is -2.21. The van der Waals surface area contributed by atoms with Gasteiger partial charge in [-0.3, -0.25) is 0 Å². The van der Waals surface area contributed by atoms with E-state index in [-0.39, 0.29) is 0 Å². The van der Waals surface area contributed by atoms with E-state index in [4.69, 9.17) is 0 Å². The van der Waals surface area contributed by atoms with Crippen molar-refractivity contribution >= 4 is 11.6 Å². The number of hydrogen-bond donors (Lipinski definition) is 1. The zero-order valence-electron chi connectivity index (χ0n) is 10.1. The van der Waals surface area contributed by atoms with Gasteiger partial charge in [0.25, 0.3) is 0 Å². The first-order valence-electron chi connectivity index (χ1n) is 5.62. The smallest absolute Gasteiger partial charge is 0.134 e. The Labute approximate surface area is 96.5 Å². The van der Waals surface area contributed by atoms with E-state index in [1.54, 1.807) is 6.33 Å². The van der Waals surface area contributed by atoms with Gasteiger partial charge in [-0.25, -0.2) is 9.97 Å². The number of anilines is 2. The van der Waals surface area contributed by atoms with E-state index in [2.05, 4.69) is 39.2 Å². The summed E-state index contributed by atoms with van der Waals surface area (Å²) in [4.78, 5) is 13.0. The van der Waals surface area contributed by atoms with Gasteiger partial charge in [0.1, 0.15) is 18.0 Å². The number of aromatic nitrogens is 2. The molecule has 1 saturated heterocycles. The summed E-state index contributed by atoms with van der Waals surface area (Å²) < 4.78 is 0. The van der Waals surface area contributed by atoms with Crippen molar-refractivity contribution in [2.24, 2.45) is 0 Å². The standard InChI is InChI=1S/C11H19N5/c1-12-10-6-11(14-8-13-10)16-5-4-9(7-16)15(2)3/h6,8-9H,4-5,7H2,1-3H3,(H,12,13,14). The zero-order valence-corrected chi connectivity index (χ0v) is 10.1. The number of likely N-dealkylation sites (N-methyl/N-ethyl adjacent to an activating group) is 1. The van der Waals surface area contributed by atoms with Crippen LogP contribution in [0.2, 0.25) is 0 Å². The van der Waals surface area contributed by atoms with Gasteiger partial charge in [-0.05, 0) is 20.5 Å².